The Morgan fingerprint density at radius 2 is 1.97 bits per heavy atom. The van der Waals surface area contributed by atoms with E-state index in [0.717, 1.165) is 55.1 Å². The quantitative estimate of drug-likeness (QED) is 0.485. The monoisotopic (exact) mass is 462 g/mol. The van der Waals surface area contributed by atoms with Gasteiger partial charge >= 0.3 is 0 Å². The number of aromatic nitrogens is 4. The number of rotatable bonds is 7. The van der Waals surface area contributed by atoms with Crippen LogP contribution in [0.2, 0.25) is 0 Å². The van der Waals surface area contributed by atoms with Gasteiger partial charge in [0.25, 0.3) is 11.8 Å². The molecular weight excluding hydrogens is 432 g/mol. The van der Waals surface area contributed by atoms with Crippen molar-refractivity contribution in [1.82, 2.24) is 30.3 Å². The highest BCUT2D eigenvalue weighted by Gasteiger charge is 2.37. The Hall–Kier alpha value is -3.53. The van der Waals surface area contributed by atoms with Gasteiger partial charge in [-0.25, -0.2) is 9.97 Å². The van der Waals surface area contributed by atoms with E-state index < -0.39 is 0 Å². The van der Waals surface area contributed by atoms with Crippen LogP contribution in [0.25, 0.3) is 11.5 Å². The van der Waals surface area contributed by atoms with Crippen molar-refractivity contribution in [2.75, 3.05) is 37.3 Å². The average Bonchev–Trinajstić information content (AvgIpc) is 3.49. The molecular formula is C24H30N8O2. The van der Waals surface area contributed by atoms with Crippen molar-refractivity contribution in [3.63, 3.8) is 0 Å². The van der Waals surface area contributed by atoms with E-state index in [0.29, 0.717) is 36.2 Å². The highest BCUT2D eigenvalue weighted by Crippen LogP contribution is 2.37. The predicted molar refractivity (Wildman–Crippen MR) is 129 cm³/mol. The van der Waals surface area contributed by atoms with Crippen LogP contribution in [0.15, 0.2) is 28.9 Å². The third kappa shape index (κ3) is 3.87. The largest absolute Gasteiger partial charge is 0.387 e. The third-order valence-electron chi connectivity index (χ3n) is 7.01. The second-order valence-electron chi connectivity index (χ2n) is 8.81. The standard InChI is InChI=1S/C24H30N8O2/c1-4-24(8-10-26-11-9-24)23-30-21(34-31-23)16-13-27-20(12-17(16)25-3)29-19-7-6-15-18(28-19)14-32(5-2)22(15)33/h6-7,12-13,26H,4-5,8-11,14H2,1-3H3,(H2,25,27,28,29). The van der Waals surface area contributed by atoms with Crippen molar-refractivity contribution in [2.45, 2.75) is 45.1 Å². The summed E-state index contributed by atoms with van der Waals surface area (Å²) in [5.74, 6) is 2.53. The molecule has 0 aromatic carbocycles. The number of hydrogen-bond acceptors (Lipinski definition) is 9. The first-order valence-electron chi connectivity index (χ1n) is 11.9. The first-order valence-corrected chi connectivity index (χ1v) is 11.9. The summed E-state index contributed by atoms with van der Waals surface area (Å²) < 4.78 is 5.68. The molecule has 5 heterocycles. The van der Waals surface area contributed by atoms with Crippen LogP contribution in [-0.2, 0) is 12.0 Å². The number of carbonyl (C=O) groups excluding carboxylic acids is 1. The van der Waals surface area contributed by atoms with E-state index in [2.05, 4.69) is 38.0 Å². The maximum absolute atomic E-state index is 12.3. The Morgan fingerprint density at radius 3 is 2.71 bits per heavy atom. The Labute approximate surface area is 198 Å². The fourth-order valence-electron chi connectivity index (χ4n) is 4.79. The topological polar surface area (TPSA) is 121 Å². The molecule has 2 aliphatic heterocycles. The number of anilines is 3. The lowest BCUT2D eigenvalue weighted by atomic mass is 9.76. The molecule has 10 heteroatoms. The summed E-state index contributed by atoms with van der Waals surface area (Å²) in [6.45, 7) is 7.27. The van der Waals surface area contributed by atoms with Gasteiger partial charge in [0.1, 0.15) is 11.6 Å². The minimum Gasteiger partial charge on any atom is -0.387 e. The summed E-state index contributed by atoms with van der Waals surface area (Å²) in [5.41, 5.74) is 2.96. The Morgan fingerprint density at radius 1 is 1.15 bits per heavy atom. The molecule has 2 aliphatic rings. The molecule has 10 nitrogen and oxygen atoms in total. The van der Waals surface area contributed by atoms with E-state index in [1.807, 2.05) is 26.1 Å². The average molecular weight is 463 g/mol. The van der Waals surface area contributed by atoms with E-state index in [9.17, 15) is 4.79 Å². The normalized spacial score (nSPS) is 17.0. The summed E-state index contributed by atoms with van der Waals surface area (Å²) in [5, 5.41) is 14.2. The first-order chi connectivity index (χ1) is 16.6. The summed E-state index contributed by atoms with van der Waals surface area (Å²) >= 11 is 0. The molecule has 3 aromatic heterocycles. The van der Waals surface area contributed by atoms with Crippen molar-refractivity contribution in [1.29, 1.82) is 0 Å². The van der Waals surface area contributed by atoms with Crippen LogP contribution in [0.1, 0.15) is 55.0 Å². The molecule has 1 fully saturated rings. The van der Waals surface area contributed by atoms with Crippen molar-refractivity contribution in [2.24, 2.45) is 0 Å². The van der Waals surface area contributed by atoms with Gasteiger partial charge in [0.2, 0.25) is 0 Å². The third-order valence-corrected chi connectivity index (χ3v) is 7.01. The van der Waals surface area contributed by atoms with Crippen LogP contribution in [0.4, 0.5) is 17.3 Å². The molecule has 0 aliphatic carbocycles. The predicted octanol–water partition coefficient (Wildman–Crippen LogP) is 3.32. The van der Waals surface area contributed by atoms with Crippen molar-refractivity contribution < 1.29 is 9.32 Å². The fourth-order valence-corrected chi connectivity index (χ4v) is 4.79. The minimum atomic E-state index is -0.0459. The van der Waals surface area contributed by atoms with Gasteiger partial charge in [-0.05, 0) is 51.4 Å². The number of nitrogens with zero attached hydrogens (tertiary/aromatic N) is 5. The zero-order valence-electron chi connectivity index (χ0n) is 19.8. The molecule has 178 valence electrons. The van der Waals surface area contributed by atoms with Gasteiger partial charge in [-0.15, -0.1) is 0 Å². The number of carbonyl (C=O) groups is 1. The molecule has 1 saturated heterocycles. The lowest BCUT2D eigenvalue weighted by molar-refractivity contribution is 0.0787. The van der Waals surface area contributed by atoms with Gasteiger partial charge < -0.3 is 25.4 Å². The SMILES string of the molecule is CCN1Cc2nc(Nc3cc(NC)c(-c4nc(C5(CC)CCNCC5)no4)cn3)ccc2C1=O. The summed E-state index contributed by atoms with van der Waals surface area (Å²) in [4.78, 5) is 28.0. The molecule has 3 aromatic rings. The molecule has 0 spiro atoms. The number of pyridine rings is 2. The van der Waals surface area contributed by atoms with Crippen molar-refractivity contribution in [3.8, 4) is 11.5 Å². The molecule has 34 heavy (non-hydrogen) atoms. The zero-order valence-corrected chi connectivity index (χ0v) is 19.8. The van der Waals surface area contributed by atoms with Gasteiger partial charge in [0.05, 0.1) is 29.1 Å². The van der Waals surface area contributed by atoms with Gasteiger partial charge in [-0.1, -0.05) is 12.1 Å². The van der Waals surface area contributed by atoms with Crippen molar-refractivity contribution in [3.05, 3.63) is 41.5 Å². The lowest BCUT2D eigenvalue weighted by Crippen LogP contribution is -2.40. The maximum atomic E-state index is 12.3. The van der Waals surface area contributed by atoms with Gasteiger partial charge in [-0.3, -0.25) is 4.79 Å². The summed E-state index contributed by atoms with van der Waals surface area (Å²) in [6, 6.07) is 5.51. The van der Waals surface area contributed by atoms with E-state index in [1.54, 1.807) is 17.2 Å². The Bertz CT molecular complexity index is 1200. The molecule has 0 bridgehead atoms. The summed E-state index contributed by atoms with van der Waals surface area (Å²) in [7, 11) is 1.85. The highest BCUT2D eigenvalue weighted by molar-refractivity contribution is 5.98. The smallest absolute Gasteiger partial charge is 0.261 e. The van der Waals surface area contributed by atoms with E-state index in [-0.39, 0.29) is 11.3 Å². The molecule has 3 N–H and O–H groups in total. The van der Waals surface area contributed by atoms with Crippen LogP contribution < -0.4 is 16.0 Å². The fraction of sp³-hybridized carbons (Fsp3) is 0.458. The molecule has 5 rings (SSSR count). The number of fused-ring (bicyclic) bond motifs is 1. The molecule has 0 atom stereocenters. The maximum Gasteiger partial charge on any atom is 0.261 e. The Balaban J connectivity index is 1.38. The number of piperidine rings is 1. The van der Waals surface area contributed by atoms with E-state index >= 15 is 0 Å². The molecule has 0 saturated carbocycles. The number of nitrogens with one attached hydrogen (secondary N) is 3. The molecule has 1 amide bonds. The zero-order chi connectivity index (χ0) is 23.7. The minimum absolute atomic E-state index is 0.0322. The first kappa shape index (κ1) is 22.3. The van der Waals surface area contributed by atoms with Crippen LogP contribution >= 0.6 is 0 Å². The van der Waals surface area contributed by atoms with Gasteiger partial charge in [0.15, 0.2) is 5.82 Å². The Kier molecular flexibility index (Phi) is 5.91. The summed E-state index contributed by atoms with van der Waals surface area (Å²) in [6.07, 6.45) is 4.70. The van der Waals surface area contributed by atoms with Crippen LogP contribution in [0.5, 0.6) is 0 Å². The molecule has 0 unspecified atom stereocenters. The second kappa shape index (κ2) is 9.02. The number of hydrogen-bond donors (Lipinski definition) is 3. The second-order valence-corrected chi connectivity index (χ2v) is 8.81. The van der Waals surface area contributed by atoms with E-state index in [1.165, 1.54) is 0 Å². The van der Waals surface area contributed by atoms with E-state index in [4.69, 9.17) is 9.51 Å². The van der Waals surface area contributed by atoms with Crippen LogP contribution in [0.3, 0.4) is 0 Å². The highest BCUT2D eigenvalue weighted by atomic mass is 16.5. The molecule has 0 radical (unpaired) electrons. The van der Waals surface area contributed by atoms with Crippen LogP contribution in [0, 0.1) is 0 Å². The lowest BCUT2D eigenvalue weighted by Gasteiger charge is -2.33. The van der Waals surface area contributed by atoms with Crippen LogP contribution in [-0.4, -0.2) is 57.6 Å². The number of amides is 1. The van der Waals surface area contributed by atoms with Crippen molar-refractivity contribution >= 4 is 23.2 Å². The van der Waals surface area contributed by atoms with Gasteiger partial charge in [-0.2, -0.15) is 4.98 Å². The van der Waals surface area contributed by atoms with Gasteiger partial charge in [0, 0.05) is 31.3 Å².